The minimum Gasteiger partial charge on any atom is -0.396 e. The molecule has 0 bridgehead atoms. The van der Waals surface area contributed by atoms with Crippen molar-refractivity contribution in [3.8, 4) is 0 Å². The van der Waals surface area contributed by atoms with E-state index >= 15 is 0 Å². The Labute approximate surface area is 103 Å². The summed E-state index contributed by atoms with van der Waals surface area (Å²) in [6, 6.07) is 6.88. The quantitative estimate of drug-likeness (QED) is 0.724. The van der Waals surface area contributed by atoms with Gasteiger partial charge in [0, 0.05) is 13.2 Å². The monoisotopic (exact) mass is 257 g/mol. The van der Waals surface area contributed by atoms with Crippen LogP contribution in [-0.4, -0.2) is 26.7 Å². The van der Waals surface area contributed by atoms with Gasteiger partial charge in [-0.25, -0.2) is 13.1 Å². The van der Waals surface area contributed by atoms with Crippen molar-refractivity contribution in [2.75, 3.05) is 13.2 Å². The van der Waals surface area contributed by atoms with E-state index in [0.29, 0.717) is 24.3 Å². The van der Waals surface area contributed by atoms with E-state index in [1.807, 2.05) is 19.1 Å². The molecule has 0 fully saturated rings. The predicted octanol–water partition coefficient (Wildman–Crippen LogP) is 1.30. The zero-order valence-electron chi connectivity index (χ0n) is 10.0. The average Bonchev–Trinajstić information content (AvgIpc) is 2.35. The molecule has 1 rings (SSSR count). The van der Waals surface area contributed by atoms with Crippen molar-refractivity contribution in [1.29, 1.82) is 0 Å². The molecule has 1 aromatic rings. The number of benzene rings is 1. The summed E-state index contributed by atoms with van der Waals surface area (Å²) in [5.74, 6) is 0. The standard InChI is InChI=1S/C12H19NO3S/c1-2-11-5-7-12(8-6-11)17(15,16)13-9-3-4-10-14/h5-8,13-14H,2-4,9-10H2,1H3. The van der Waals surface area contributed by atoms with Gasteiger partial charge in [-0.05, 0) is 37.0 Å². The van der Waals surface area contributed by atoms with Crippen LogP contribution in [-0.2, 0) is 16.4 Å². The van der Waals surface area contributed by atoms with Crippen molar-refractivity contribution in [3.63, 3.8) is 0 Å². The molecule has 0 saturated carbocycles. The summed E-state index contributed by atoms with van der Waals surface area (Å²) in [4.78, 5) is 0.290. The van der Waals surface area contributed by atoms with Crippen LogP contribution in [0.2, 0.25) is 0 Å². The van der Waals surface area contributed by atoms with Gasteiger partial charge in [-0.1, -0.05) is 19.1 Å². The molecule has 1 aromatic carbocycles. The third-order valence-electron chi connectivity index (χ3n) is 2.52. The molecule has 0 aromatic heterocycles. The fourth-order valence-corrected chi connectivity index (χ4v) is 2.51. The van der Waals surface area contributed by atoms with Crippen LogP contribution in [0, 0.1) is 0 Å². The molecule has 0 aliphatic heterocycles. The number of hydrogen-bond donors (Lipinski definition) is 2. The third-order valence-corrected chi connectivity index (χ3v) is 4.00. The summed E-state index contributed by atoms with van der Waals surface area (Å²) in [5, 5.41) is 8.59. The summed E-state index contributed by atoms with van der Waals surface area (Å²) < 4.78 is 26.2. The molecule has 5 heteroatoms. The summed E-state index contributed by atoms with van der Waals surface area (Å²) in [5.41, 5.74) is 1.12. The molecule has 17 heavy (non-hydrogen) atoms. The molecule has 4 nitrogen and oxygen atoms in total. The van der Waals surface area contributed by atoms with Gasteiger partial charge in [0.05, 0.1) is 4.90 Å². The Morgan fingerprint density at radius 1 is 1.18 bits per heavy atom. The van der Waals surface area contributed by atoms with Gasteiger partial charge in [-0.2, -0.15) is 0 Å². The van der Waals surface area contributed by atoms with Gasteiger partial charge in [0.15, 0.2) is 0 Å². The van der Waals surface area contributed by atoms with Crippen molar-refractivity contribution in [2.45, 2.75) is 31.1 Å². The minimum atomic E-state index is -3.40. The number of unbranched alkanes of at least 4 members (excludes halogenated alkanes) is 1. The zero-order valence-corrected chi connectivity index (χ0v) is 10.8. The molecule has 0 aliphatic rings. The lowest BCUT2D eigenvalue weighted by Crippen LogP contribution is -2.24. The largest absolute Gasteiger partial charge is 0.396 e. The Balaban J connectivity index is 2.62. The highest BCUT2D eigenvalue weighted by atomic mass is 32.2. The topological polar surface area (TPSA) is 66.4 Å². The molecule has 0 atom stereocenters. The van der Waals surface area contributed by atoms with Gasteiger partial charge < -0.3 is 5.11 Å². The normalized spacial score (nSPS) is 11.6. The first-order valence-corrected chi connectivity index (χ1v) is 7.28. The fourth-order valence-electron chi connectivity index (χ4n) is 1.43. The first-order chi connectivity index (χ1) is 8.10. The van der Waals surface area contributed by atoms with E-state index in [4.69, 9.17) is 5.11 Å². The van der Waals surface area contributed by atoms with Crippen LogP contribution in [0.3, 0.4) is 0 Å². The first-order valence-electron chi connectivity index (χ1n) is 5.79. The second-order valence-corrected chi connectivity index (χ2v) is 5.59. The summed E-state index contributed by atoms with van der Waals surface area (Å²) in [7, 11) is -3.40. The highest BCUT2D eigenvalue weighted by Gasteiger charge is 2.12. The lowest BCUT2D eigenvalue weighted by atomic mass is 10.2. The van der Waals surface area contributed by atoms with E-state index in [1.165, 1.54) is 0 Å². The number of aliphatic hydroxyl groups excluding tert-OH is 1. The van der Waals surface area contributed by atoms with E-state index in [1.54, 1.807) is 12.1 Å². The van der Waals surface area contributed by atoms with E-state index in [0.717, 1.165) is 12.0 Å². The Morgan fingerprint density at radius 2 is 1.82 bits per heavy atom. The van der Waals surface area contributed by atoms with Crippen LogP contribution in [0.15, 0.2) is 29.2 Å². The van der Waals surface area contributed by atoms with Gasteiger partial charge in [-0.15, -0.1) is 0 Å². The molecular weight excluding hydrogens is 238 g/mol. The average molecular weight is 257 g/mol. The smallest absolute Gasteiger partial charge is 0.240 e. The fraction of sp³-hybridized carbons (Fsp3) is 0.500. The molecule has 96 valence electrons. The van der Waals surface area contributed by atoms with E-state index in [9.17, 15) is 8.42 Å². The molecular formula is C12H19NO3S. The van der Waals surface area contributed by atoms with Gasteiger partial charge in [0.25, 0.3) is 0 Å². The van der Waals surface area contributed by atoms with Crippen LogP contribution >= 0.6 is 0 Å². The number of aliphatic hydroxyl groups is 1. The minimum absolute atomic E-state index is 0.0902. The van der Waals surface area contributed by atoms with E-state index < -0.39 is 10.0 Å². The van der Waals surface area contributed by atoms with Gasteiger partial charge in [0.1, 0.15) is 0 Å². The molecule has 0 unspecified atom stereocenters. The van der Waals surface area contributed by atoms with Crippen molar-refractivity contribution in [1.82, 2.24) is 4.72 Å². The Hall–Kier alpha value is -0.910. The summed E-state index contributed by atoms with van der Waals surface area (Å²) >= 11 is 0. The van der Waals surface area contributed by atoms with E-state index in [2.05, 4.69) is 4.72 Å². The van der Waals surface area contributed by atoms with Crippen molar-refractivity contribution < 1.29 is 13.5 Å². The first kappa shape index (κ1) is 14.2. The van der Waals surface area contributed by atoms with Crippen LogP contribution in [0.5, 0.6) is 0 Å². The number of aryl methyl sites for hydroxylation is 1. The Morgan fingerprint density at radius 3 is 2.35 bits per heavy atom. The van der Waals surface area contributed by atoms with Crippen LogP contribution < -0.4 is 4.72 Å². The van der Waals surface area contributed by atoms with Crippen molar-refractivity contribution in [2.24, 2.45) is 0 Å². The Kier molecular flexibility index (Phi) is 5.61. The summed E-state index contributed by atoms with van der Waals surface area (Å²) in [6.07, 6.45) is 2.14. The van der Waals surface area contributed by atoms with Crippen LogP contribution in [0.25, 0.3) is 0 Å². The van der Waals surface area contributed by atoms with Gasteiger partial charge >= 0.3 is 0 Å². The second-order valence-electron chi connectivity index (χ2n) is 3.83. The number of hydrogen-bond acceptors (Lipinski definition) is 3. The van der Waals surface area contributed by atoms with Gasteiger partial charge in [0.2, 0.25) is 10.0 Å². The van der Waals surface area contributed by atoms with Gasteiger partial charge in [-0.3, -0.25) is 0 Å². The maximum Gasteiger partial charge on any atom is 0.240 e. The Bertz CT molecular complexity index is 426. The SMILES string of the molecule is CCc1ccc(S(=O)(=O)NCCCCO)cc1. The molecule has 2 N–H and O–H groups in total. The maximum absolute atomic E-state index is 11.8. The second kappa shape index (κ2) is 6.74. The third kappa shape index (κ3) is 4.46. The molecule has 0 radical (unpaired) electrons. The predicted molar refractivity (Wildman–Crippen MR) is 67.3 cm³/mol. The van der Waals surface area contributed by atoms with Crippen LogP contribution in [0.4, 0.5) is 0 Å². The number of sulfonamides is 1. The number of nitrogens with one attached hydrogen (secondary N) is 1. The highest BCUT2D eigenvalue weighted by molar-refractivity contribution is 7.89. The molecule has 0 heterocycles. The van der Waals surface area contributed by atoms with Crippen molar-refractivity contribution >= 4 is 10.0 Å². The van der Waals surface area contributed by atoms with Crippen molar-refractivity contribution in [3.05, 3.63) is 29.8 Å². The molecule has 0 saturated heterocycles. The molecule has 0 amide bonds. The van der Waals surface area contributed by atoms with Crippen LogP contribution in [0.1, 0.15) is 25.3 Å². The molecule has 0 aliphatic carbocycles. The van der Waals surface area contributed by atoms with E-state index in [-0.39, 0.29) is 6.61 Å². The number of rotatable bonds is 7. The zero-order chi connectivity index (χ0) is 12.7. The lowest BCUT2D eigenvalue weighted by molar-refractivity contribution is 0.285. The maximum atomic E-state index is 11.8. The summed E-state index contributed by atoms with van der Waals surface area (Å²) in [6.45, 7) is 2.47. The molecule has 0 spiro atoms. The highest BCUT2D eigenvalue weighted by Crippen LogP contribution is 2.10. The lowest BCUT2D eigenvalue weighted by Gasteiger charge is -2.06.